The SMILES string of the molecule is CCCCC(NC1CC=CC1)C(=O)O. The average molecular weight is 197 g/mol. The van der Waals surface area contributed by atoms with E-state index in [-0.39, 0.29) is 6.04 Å². The summed E-state index contributed by atoms with van der Waals surface area (Å²) in [5.41, 5.74) is 0. The summed E-state index contributed by atoms with van der Waals surface area (Å²) in [4.78, 5) is 10.9. The number of carboxylic acids is 1. The van der Waals surface area contributed by atoms with Crippen molar-refractivity contribution in [3.8, 4) is 0 Å². The van der Waals surface area contributed by atoms with Crippen molar-refractivity contribution in [2.24, 2.45) is 0 Å². The molecule has 0 saturated carbocycles. The molecule has 3 heteroatoms. The van der Waals surface area contributed by atoms with E-state index in [0.717, 1.165) is 32.1 Å². The van der Waals surface area contributed by atoms with Crippen molar-refractivity contribution in [2.75, 3.05) is 0 Å². The van der Waals surface area contributed by atoms with Crippen LogP contribution in [-0.4, -0.2) is 23.2 Å². The molecule has 0 spiro atoms. The topological polar surface area (TPSA) is 49.3 Å². The maximum atomic E-state index is 10.9. The summed E-state index contributed by atoms with van der Waals surface area (Å²) in [5, 5.41) is 12.2. The number of carboxylic acid groups (broad SMARTS) is 1. The van der Waals surface area contributed by atoms with Gasteiger partial charge in [0.2, 0.25) is 0 Å². The van der Waals surface area contributed by atoms with Gasteiger partial charge in [-0.25, -0.2) is 0 Å². The number of nitrogens with one attached hydrogen (secondary N) is 1. The first-order chi connectivity index (χ1) is 6.74. The average Bonchev–Trinajstić information content (AvgIpc) is 2.64. The van der Waals surface area contributed by atoms with Gasteiger partial charge in [-0.2, -0.15) is 0 Å². The van der Waals surface area contributed by atoms with Crippen LogP contribution in [0.2, 0.25) is 0 Å². The van der Waals surface area contributed by atoms with Gasteiger partial charge in [-0.3, -0.25) is 4.79 Å². The maximum Gasteiger partial charge on any atom is 0.320 e. The molecule has 0 radical (unpaired) electrons. The highest BCUT2D eigenvalue weighted by Gasteiger charge is 2.20. The summed E-state index contributed by atoms with van der Waals surface area (Å²) in [6, 6.07) is -0.0205. The van der Waals surface area contributed by atoms with Gasteiger partial charge in [0, 0.05) is 6.04 Å². The van der Waals surface area contributed by atoms with E-state index in [2.05, 4.69) is 24.4 Å². The number of unbranched alkanes of at least 4 members (excludes halogenated alkanes) is 1. The number of aliphatic carboxylic acids is 1. The molecule has 1 unspecified atom stereocenters. The Hall–Kier alpha value is -0.830. The highest BCUT2D eigenvalue weighted by Crippen LogP contribution is 2.12. The summed E-state index contributed by atoms with van der Waals surface area (Å²) in [7, 11) is 0. The number of rotatable bonds is 6. The molecule has 0 aromatic heterocycles. The van der Waals surface area contributed by atoms with Gasteiger partial charge in [-0.05, 0) is 19.3 Å². The molecule has 2 N–H and O–H groups in total. The van der Waals surface area contributed by atoms with Gasteiger partial charge in [0.05, 0.1) is 0 Å². The molecule has 1 aliphatic rings. The summed E-state index contributed by atoms with van der Waals surface area (Å²) in [6.45, 7) is 2.08. The van der Waals surface area contributed by atoms with Crippen LogP contribution in [0.25, 0.3) is 0 Å². The van der Waals surface area contributed by atoms with E-state index in [1.54, 1.807) is 0 Å². The summed E-state index contributed by atoms with van der Waals surface area (Å²) in [5.74, 6) is -0.717. The third-order valence-corrected chi connectivity index (χ3v) is 2.59. The molecular formula is C11H19NO2. The van der Waals surface area contributed by atoms with E-state index >= 15 is 0 Å². The van der Waals surface area contributed by atoms with Crippen molar-refractivity contribution in [1.29, 1.82) is 0 Å². The molecule has 1 rings (SSSR count). The van der Waals surface area contributed by atoms with Crippen LogP contribution in [0.5, 0.6) is 0 Å². The van der Waals surface area contributed by atoms with Crippen LogP contribution >= 0.6 is 0 Å². The zero-order valence-corrected chi connectivity index (χ0v) is 8.70. The van der Waals surface area contributed by atoms with Crippen molar-refractivity contribution in [1.82, 2.24) is 5.32 Å². The fourth-order valence-electron chi connectivity index (χ4n) is 1.72. The Labute approximate surface area is 85.2 Å². The lowest BCUT2D eigenvalue weighted by atomic mass is 10.1. The van der Waals surface area contributed by atoms with Crippen molar-refractivity contribution >= 4 is 5.97 Å². The number of hydrogen-bond donors (Lipinski definition) is 2. The van der Waals surface area contributed by atoms with E-state index in [0.29, 0.717) is 6.04 Å². The molecule has 14 heavy (non-hydrogen) atoms. The Morgan fingerprint density at radius 2 is 2.21 bits per heavy atom. The highest BCUT2D eigenvalue weighted by molar-refractivity contribution is 5.73. The van der Waals surface area contributed by atoms with Crippen molar-refractivity contribution < 1.29 is 9.90 Å². The van der Waals surface area contributed by atoms with Crippen LogP contribution in [0.15, 0.2) is 12.2 Å². The van der Waals surface area contributed by atoms with Crippen LogP contribution in [0.4, 0.5) is 0 Å². The molecule has 0 aromatic carbocycles. The predicted molar refractivity (Wildman–Crippen MR) is 56.2 cm³/mol. The quantitative estimate of drug-likeness (QED) is 0.640. The van der Waals surface area contributed by atoms with E-state index in [4.69, 9.17) is 5.11 Å². The molecule has 3 nitrogen and oxygen atoms in total. The van der Waals surface area contributed by atoms with E-state index in [9.17, 15) is 4.79 Å². The second kappa shape index (κ2) is 5.81. The zero-order chi connectivity index (χ0) is 10.4. The minimum atomic E-state index is -0.717. The zero-order valence-electron chi connectivity index (χ0n) is 8.70. The Balaban J connectivity index is 2.30. The normalized spacial score (nSPS) is 18.6. The van der Waals surface area contributed by atoms with Crippen molar-refractivity contribution in [2.45, 2.75) is 51.1 Å². The lowest BCUT2D eigenvalue weighted by molar-refractivity contribution is -0.139. The maximum absolute atomic E-state index is 10.9. The Morgan fingerprint density at radius 3 is 2.71 bits per heavy atom. The smallest absolute Gasteiger partial charge is 0.320 e. The van der Waals surface area contributed by atoms with Gasteiger partial charge in [-0.1, -0.05) is 31.9 Å². The third-order valence-electron chi connectivity index (χ3n) is 2.59. The molecule has 80 valence electrons. The van der Waals surface area contributed by atoms with Gasteiger partial charge in [0.25, 0.3) is 0 Å². The number of carbonyl (C=O) groups is 1. The standard InChI is InChI=1S/C11H19NO2/c1-2-3-8-10(11(13)14)12-9-6-4-5-7-9/h4-5,9-10,12H,2-3,6-8H2,1H3,(H,13,14). The van der Waals surface area contributed by atoms with Gasteiger partial charge in [0.1, 0.15) is 6.04 Å². The van der Waals surface area contributed by atoms with Gasteiger partial charge in [-0.15, -0.1) is 0 Å². The highest BCUT2D eigenvalue weighted by atomic mass is 16.4. The van der Waals surface area contributed by atoms with Crippen LogP contribution in [0.3, 0.4) is 0 Å². The molecule has 0 saturated heterocycles. The first kappa shape index (κ1) is 11.2. The second-order valence-electron chi connectivity index (χ2n) is 3.84. The Morgan fingerprint density at radius 1 is 1.57 bits per heavy atom. The van der Waals surface area contributed by atoms with Crippen LogP contribution in [0.1, 0.15) is 39.0 Å². The van der Waals surface area contributed by atoms with Gasteiger partial charge >= 0.3 is 5.97 Å². The lowest BCUT2D eigenvalue weighted by Gasteiger charge is -2.19. The summed E-state index contributed by atoms with van der Waals surface area (Å²) < 4.78 is 0. The monoisotopic (exact) mass is 197 g/mol. The fraction of sp³-hybridized carbons (Fsp3) is 0.727. The van der Waals surface area contributed by atoms with Gasteiger partial charge in [0.15, 0.2) is 0 Å². The molecule has 0 aliphatic heterocycles. The fourth-order valence-corrected chi connectivity index (χ4v) is 1.72. The van der Waals surface area contributed by atoms with E-state index in [1.165, 1.54) is 0 Å². The third kappa shape index (κ3) is 3.50. The molecule has 0 aromatic rings. The number of hydrogen-bond acceptors (Lipinski definition) is 2. The van der Waals surface area contributed by atoms with Crippen LogP contribution in [0, 0.1) is 0 Å². The molecule has 0 bridgehead atoms. The first-order valence-corrected chi connectivity index (χ1v) is 5.38. The summed E-state index contributed by atoms with van der Waals surface area (Å²) in [6.07, 6.45) is 8.92. The largest absolute Gasteiger partial charge is 0.480 e. The minimum absolute atomic E-state index is 0.341. The van der Waals surface area contributed by atoms with Crippen molar-refractivity contribution in [3.63, 3.8) is 0 Å². The molecule has 0 heterocycles. The predicted octanol–water partition coefficient (Wildman–Crippen LogP) is 1.94. The van der Waals surface area contributed by atoms with Crippen molar-refractivity contribution in [3.05, 3.63) is 12.2 Å². The first-order valence-electron chi connectivity index (χ1n) is 5.38. The Bertz CT molecular complexity index is 205. The van der Waals surface area contributed by atoms with Crippen LogP contribution < -0.4 is 5.32 Å². The van der Waals surface area contributed by atoms with Crippen LogP contribution in [-0.2, 0) is 4.79 Å². The molecule has 1 atom stereocenters. The van der Waals surface area contributed by atoms with E-state index in [1.807, 2.05) is 0 Å². The van der Waals surface area contributed by atoms with E-state index < -0.39 is 5.97 Å². The molecular weight excluding hydrogens is 178 g/mol. The lowest BCUT2D eigenvalue weighted by Crippen LogP contribution is -2.42. The second-order valence-corrected chi connectivity index (χ2v) is 3.84. The minimum Gasteiger partial charge on any atom is -0.480 e. The van der Waals surface area contributed by atoms with Gasteiger partial charge < -0.3 is 10.4 Å². The summed E-state index contributed by atoms with van der Waals surface area (Å²) >= 11 is 0. The molecule has 1 aliphatic carbocycles. The molecule has 0 fully saturated rings. The molecule has 0 amide bonds. The Kier molecular flexibility index (Phi) is 4.66.